The molecular weight excluding hydrogens is 258 g/mol. The number of hydrogen-bond acceptors (Lipinski definition) is 3. The van der Waals surface area contributed by atoms with Crippen molar-refractivity contribution in [1.29, 1.82) is 0 Å². The molecule has 0 aliphatic heterocycles. The molecule has 2 rings (SSSR count). The Kier molecular flexibility index (Phi) is 3.56. The molecule has 0 radical (unpaired) electrons. The van der Waals surface area contributed by atoms with Crippen LogP contribution in [-0.2, 0) is 0 Å². The number of rotatable bonds is 3. The zero-order valence-corrected chi connectivity index (χ0v) is 11.5. The fourth-order valence-corrected chi connectivity index (χ4v) is 1.85. The SMILES string of the molecule is Cc1cc(C(=O)O)ccc1-n1ccc(C(=O)N(C)C)n1. The number of carboxylic acid groups (broad SMARTS) is 1. The highest BCUT2D eigenvalue weighted by Gasteiger charge is 2.13. The largest absolute Gasteiger partial charge is 0.478 e. The molecule has 1 aromatic carbocycles. The molecule has 1 amide bonds. The molecule has 20 heavy (non-hydrogen) atoms. The lowest BCUT2D eigenvalue weighted by atomic mass is 10.1. The van der Waals surface area contributed by atoms with Gasteiger partial charge in [0.15, 0.2) is 5.69 Å². The minimum Gasteiger partial charge on any atom is -0.478 e. The van der Waals surface area contributed by atoms with Crippen molar-refractivity contribution < 1.29 is 14.7 Å². The Balaban J connectivity index is 2.38. The summed E-state index contributed by atoms with van der Waals surface area (Å²) >= 11 is 0. The lowest BCUT2D eigenvalue weighted by Gasteiger charge is -2.08. The minimum atomic E-state index is -0.969. The third kappa shape index (κ3) is 2.54. The molecule has 0 aliphatic carbocycles. The first-order valence-corrected chi connectivity index (χ1v) is 6.02. The number of aromatic carboxylic acids is 1. The molecule has 1 aromatic heterocycles. The van der Waals surface area contributed by atoms with Crippen LogP contribution < -0.4 is 0 Å². The van der Waals surface area contributed by atoms with Gasteiger partial charge < -0.3 is 10.0 Å². The second-order valence-electron chi connectivity index (χ2n) is 4.65. The van der Waals surface area contributed by atoms with Gasteiger partial charge in [0.2, 0.25) is 0 Å². The Morgan fingerprint density at radius 1 is 1.25 bits per heavy atom. The quantitative estimate of drug-likeness (QED) is 0.921. The lowest BCUT2D eigenvalue weighted by Crippen LogP contribution is -2.22. The van der Waals surface area contributed by atoms with E-state index in [0.717, 1.165) is 11.3 Å². The molecule has 2 aromatic rings. The Morgan fingerprint density at radius 2 is 1.95 bits per heavy atom. The van der Waals surface area contributed by atoms with Crippen LogP contribution in [0.15, 0.2) is 30.5 Å². The highest BCUT2D eigenvalue weighted by Crippen LogP contribution is 2.16. The summed E-state index contributed by atoms with van der Waals surface area (Å²) in [5, 5.41) is 13.2. The number of nitrogens with zero attached hydrogens (tertiary/aromatic N) is 3. The van der Waals surface area contributed by atoms with E-state index < -0.39 is 5.97 Å². The first-order valence-electron chi connectivity index (χ1n) is 6.02. The molecule has 0 bridgehead atoms. The van der Waals surface area contributed by atoms with Crippen LogP contribution in [0.3, 0.4) is 0 Å². The van der Waals surface area contributed by atoms with Crippen molar-refractivity contribution >= 4 is 11.9 Å². The first kappa shape index (κ1) is 13.8. The van der Waals surface area contributed by atoms with Gasteiger partial charge in [-0.1, -0.05) is 0 Å². The molecular formula is C14H15N3O3. The van der Waals surface area contributed by atoms with Crippen LogP contribution in [0.1, 0.15) is 26.4 Å². The van der Waals surface area contributed by atoms with Crippen molar-refractivity contribution in [3.8, 4) is 5.69 Å². The van der Waals surface area contributed by atoms with Crippen LogP contribution in [0.4, 0.5) is 0 Å². The molecule has 0 unspecified atom stereocenters. The Morgan fingerprint density at radius 3 is 2.50 bits per heavy atom. The van der Waals surface area contributed by atoms with Crippen molar-refractivity contribution in [2.24, 2.45) is 0 Å². The second-order valence-corrected chi connectivity index (χ2v) is 4.65. The van der Waals surface area contributed by atoms with Gasteiger partial charge in [-0.25, -0.2) is 9.48 Å². The van der Waals surface area contributed by atoms with E-state index in [-0.39, 0.29) is 11.5 Å². The summed E-state index contributed by atoms with van der Waals surface area (Å²) in [4.78, 5) is 24.1. The van der Waals surface area contributed by atoms with Gasteiger partial charge in [-0.15, -0.1) is 0 Å². The molecule has 0 spiro atoms. The number of carboxylic acids is 1. The molecule has 0 saturated carbocycles. The van der Waals surface area contributed by atoms with E-state index >= 15 is 0 Å². The summed E-state index contributed by atoms with van der Waals surface area (Å²) in [6.45, 7) is 1.80. The van der Waals surface area contributed by atoms with Crippen LogP contribution in [0, 0.1) is 6.92 Å². The van der Waals surface area contributed by atoms with Gasteiger partial charge in [0.1, 0.15) is 0 Å². The van der Waals surface area contributed by atoms with Crippen LogP contribution >= 0.6 is 0 Å². The minimum absolute atomic E-state index is 0.177. The van der Waals surface area contributed by atoms with E-state index in [1.165, 1.54) is 11.0 Å². The standard InChI is InChI=1S/C14H15N3O3/c1-9-8-10(14(19)20)4-5-12(9)17-7-6-11(15-17)13(18)16(2)3/h4-8H,1-3H3,(H,19,20). The Labute approximate surface area is 116 Å². The third-order valence-electron chi connectivity index (χ3n) is 2.90. The summed E-state index contributed by atoms with van der Waals surface area (Å²) in [6.07, 6.45) is 1.68. The maximum Gasteiger partial charge on any atom is 0.335 e. The normalized spacial score (nSPS) is 10.3. The van der Waals surface area contributed by atoms with E-state index in [4.69, 9.17) is 5.11 Å². The zero-order chi connectivity index (χ0) is 14.9. The van der Waals surface area contributed by atoms with Gasteiger partial charge in [0.05, 0.1) is 11.3 Å². The van der Waals surface area contributed by atoms with E-state index in [9.17, 15) is 9.59 Å². The van der Waals surface area contributed by atoms with Gasteiger partial charge in [-0.2, -0.15) is 5.10 Å². The second kappa shape index (κ2) is 5.16. The number of hydrogen-bond donors (Lipinski definition) is 1. The van der Waals surface area contributed by atoms with Gasteiger partial charge in [-0.05, 0) is 36.8 Å². The molecule has 6 heteroatoms. The summed E-state index contributed by atoms with van der Waals surface area (Å²) in [5.74, 6) is -1.15. The number of aromatic nitrogens is 2. The number of carbonyl (C=O) groups excluding carboxylic acids is 1. The fourth-order valence-electron chi connectivity index (χ4n) is 1.85. The molecule has 0 fully saturated rings. The number of amides is 1. The van der Waals surface area contributed by atoms with E-state index in [1.54, 1.807) is 50.1 Å². The molecule has 0 aliphatic rings. The average molecular weight is 273 g/mol. The van der Waals surface area contributed by atoms with Crippen molar-refractivity contribution in [3.63, 3.8) is 0 Å². The maximum atomic E-state index is 11.8. The summed E-state index contributed by atoms with van der Waals surface area (Å²) < 4.78 is 1.57. The van der Waals surface area contributed by atoms with Crippen LogP contribution in [0.25, 0.3) is 5.69 Å². The summed E-state index contributed by atoms with van der Waals surface area (Å²) in [6, 6.07) is 6.40. The van der Waals surface area contributed by atoms with Gasteiger partial charge in [-0.3, -0.25) is 4.79 Å². The van der Waals surface area contributed by atoms with E-state index in [0.29, 0.717) is 5.69 Å². The number of benzene rings is 1. The molecule has 104 valence electrons. The highest BCUT2D eigenvalue weighted by molar-refractivity contribution is 5.92. The van der Waals surface area contributed by atoms with Crippen LogP contribution in [-0.4, -0.2) is 45.8 Å². The van der Waals surface area contributed by atoms with Crippen LogP contribution in [0.5, 0.6) is 0 Å². The average Bonchev–Trinajstić information content (AvgIpc) is 2.86. The van der Waals surface area contributed by atoms with Crippen molar-refractivity contribution in [1.82, 2.24) is 14.7 Å². The third-order valence-corrected chi connectivity index (χ3v) is 2.90. The number of aryl methyl sites for hydroxylation is 1. The Bertz CT molecular complexity index is 674. The molecule has 0 atom stereocenters. The summed E-state index contributed by atoms with van der Waals surface area (Å²) in [5.41, 5.74) is 2.09. The van der Waals surface area contributed by atoms with Crippen molar-refractivity contribution in [3.05, 3.63) is 47.3 Å². The van der Waals surface area contributed by atoms with E-state index in [2.05, 4.69) is 5.10 Å². The molecule has 0 saturated heterocycles. The zero-order valence-electron chi connectivity index (χ0n) is 11.5. The predicted molar refractivity (Wildman–Crippen MR) is 73.3 cm³/mol. The van der Waals surface area contributed by atoms with E-state index in [1.807, 2.05) is 0 Å². The number of carbonyl (C=O) groups is 2. The van der Waals surface area contributed by atoms with Crippen molar-refractivity contribution in [2.45, 2.75) is 6.92 Å². The smallest absolute Gasteiger partial charge is 0.335 e. The monoisotopic (exact) mass is 273 g/mol. The van der Waals surface area contributed by atoms with Crippen molar-refractivity contribution in [2.75, 3.05) is 14.1 Å². The fraction of sp³-hybridized carbons (Fsp3) is 0.214. The van der Waals surface area contributed by atoms with Gasteiger partial charge in [0.25, 0.3) is 5.91 Å². The predicted octanol–water partition coefficient (Wildman–Crippen LogP) is 1.58. The van der Waals surface area contributed by atoms with Gasteiger partial charge >= 0.3 is 5.97 Å². The summed E-state index contributed by atoms with van der Waals surface area (Å²) in [7, 11) is 3.32. The molecule has 1 heterocycles. The molecule has 6 nitrogen and oxygen atoms in total. The topological polar surface area (TPSA) is 75.4 Å². The lowest BCUT2D eigenvalue weighted by molar-refractivity contribution is 0.0696. The van der Waals surface area contributed by atoms with Gasteiger partial charge in [0, 0.05) is 20.3 Å². The van der Waals surface area contributed by atoms with Crippen LogP contribution in [0.2, 0.25) is 0 Å². The first-order chi connectivity index (χ1) is 9.40. The molecule has 1 N–H and O–H groups in total. The maximum absolute atomic E-state index is 11.8. The Hall–Kier alpha value is -2.63. The highest BCUT2D eigenvalue weighted by atomic mass is 16.4.